The Kier molecular flexibility index (Phi) is 2.71. The maximum atomic E-state index is 11.7. The van der Waals surface area contributed by atoms with Crippen LogP contribution in [0, 0.1) is 18.0 Å². The SMILES string of the molecule is Cc1cccc(CC2CCCC2)[n+]1[O-]. The summed E-state index contributed by atoms with van der Waals surface area (Å²) in [5.41, 5.74) is 1.75. The van der Waals surface area contributed by atoms with Gasteiger partial charge in [-0.25, -0.2) is 0 Å². The Morgan fingerprint density at radius 1 is 1.36 bits per heavy atom. The van der Waals surface area contributed by atoms with E-state index >= 15 is 0 Å². The van der Waals surface area contributed by atoms with E-state index in [4.69, 9.17) is 0 Å². The molecule has 0 amide bonds. The number of nitrogens with zero attached hydrogens (tertiary/aromatic N) is 1. The fraction of sp³-hybridized carbons (Fsp3) is 0.583. The smallest absolute Gasteiger partial charge is 0.193 e. The van der Waals surface area contributed by atoms with Gasteiger partial charge in [-0.3, -0.25) is 0 Å². The number of rotatable bonds is 2. The molecule has 0 spiro atoms. The van der Waals surface area contributed by atoms with Crippen LogP contribution in [0.4, 0.5) is 0 Å². The third kappa shape index (κ3) is 1.89. The molecule has 2 heteroatoms. The van der Waals surface area contributed by atoms with Gasteiger partial charge < -0.3 is 5.21 Å². The third-order valence-corrected chi connectivity index (χ3v) is 3.18. The van der Waals surface area contributed by atoms with Crippen molar-refractivity contribution >= 4 is 0 Å². The van der Waals surface area contributed by atoms with E-state index in [1.54, 1.807) is 0 Å². The molecule has 1 aliphatic carbocycles. The summed E-state index contributed by atoms with van der Waals surface area (Å²) in [4.78, 5) is 0. The largest absolute Gasteiger partial charge is 0.618 e. The fourth-order valence-electron chi connectivity index (χ4n) is 2.32. The van der Waals surface area contributed by atoms with Crippen LogP contribution >= 0.6 is 0 Å². The number of aromatic nitrogens is 1. The Morgan fingerprint density at radius 3 is 2.79 bits per heavy atom. The molecule has 1 heterocycles. The van der Waals surface area contributed by atoms with Crippen molar-refractivity contribution in [2.24, 2.45) is 5.92 Å². The summed E-state index contributed by atoms with van der Waals surface area (Å²) in [6, 6.07) is 5.80. The molecule has 1 saturated carbocycles. The molecule has 0 saturated heterocycles. The summed E-state index contributed by atoms with van der Waals surface area (Å²) in [7, 11) is 0. The van der Waals surface area contributed by atoms with Gasteiger partial charge in [0.2, 0.25) is 0 Å². The average Bonchev–Trinajstić information content (AvgIpc) is 2.66. The second-order valence-electron chi connectivity index (χ2n) is 4.31. The lowest BCUT2D eigenvalue weighted by molar-refractivity contribution is -0.621. The molecule has 2 nitrogen and oxygen atoms in total. The first-order valence-corrected chi connectivity index (χ1v) is 5.45. The Balaban J connectivity index is 2.11. The highest BCUT2D eigenvalue weighted by atomic mass is 16.5. The zero-order valence-electron chi connectivity index (χ0n) is 8.70. The molecule has 0 aromatic carbocycles. The summed E-state index contributed by atoms with van der Waals surface area (Å²) in [5, 5.41) is 11.7. The minimum Gasteiger partial charge on any atom is -0.618 e. The van der Waals surface area contributed by atoms with Gasteiger partial charge in [0.25, 0.3) is 0 Å². The second-order valence-corrected chi connectivity index (χ2v) is 4.31. The zero-order valence-corrected chi connectivity index (χ0v) is 8.70. The fourth-order valence-corrected chi connectivity index (χ4v) is 2.32. The predicted molar refractivity (Wildman–Crippen MR) is 55.8 cm³/mol. The van der Waals surface area contributed by atoms with Crippen LogP contribution in [0.15, 0.2) is 18.2 Å². The normalized spacial score (nSPS) is 17.5. The molecule has 1 aliphatic rings. The molecular weight excluding hydrogens is 174 g/mol. The number of aryl methyl sites for hydroxylation is 1. The average molecular weight is 191 g/mol. The molecule has 0 N–H and O–H groups in total. The van der Waals surface area contributed by atoms with Crippen LogP contribution in [0.5, 0.6) is 0 Å². The Morgan fingerprint density at radius 2 is 2.07 bits per heavy atom. The van der Waals surface area contributed by atoms with Crippen molar-refractivity contribution in [3.05, 3.63) is 34.8 Å². The van der Waals surface area contributed by atoms with E-state index < -0.39 is 0 Å². The van der Waals surface area contributed by atoms with Crippen LogP contribution in [0.3, 0.4) is 0 Å². The number of hydrogen-bond acceptors (Lipinski definition) is 1. The van der Waals surface area contributed by atoms with Crippen LogP contribution in [0.2, 0.25) is 0 Å². The van der Waals surface area contributed by atoms with E-state index in [0.29, 0.717) is 0 Å². The standard InChI is InChI=1S/C12H17NO/c1-10-5-4-8-12(13(10)14)9-11-6-2-3-7-11/h4-5,8,11H,2-3,6-7,9H2,1H3. The molecule has 76 valence electrons. The van der Waals surface area contributed by atoms with E-state index in [9.17, 15) is 5.21 Å². The van der Waals surface area contributed by atoms with Gasteiger partial charge in [0.15, 0.2) is 11.4 Å². The van der Waals surface area contributed by atoms with Crippen molar-refractivity contribution in [3.8, 4) is 0 Å². The van der Waals surface area contributed by atoms with Crippen LogP contribution in [-0.4, -0.2) is 0 Å². The Labute approximate surface area is 85.2 Å². The molecule has 1 aromatic rings. The van der Waals surface area contributed by atoms with Gasteiger partial charge in [-0.2, -0.15) is 4.73 Å². The van der Waals surface area contributed by atoms with Crippen LogP contribution in [0.25, 0.3) is 0 Å². The molecule has 0 radical (unpaired) electrons. The van der Waals surface area contributed by atoms with E-state index in [2.05, 4.69) is 0 Å². The number of pyridine rings is 1. The third-order valence-electron chi connectivity index (χ3n) is 3.18. The molecule has 0 aliphatic heterocycles. The second kappa shape index (κ2) is 3.99. The monoisotopic (exact) mass is 191 g/mol. The van der Waals surface area contributed by atoms with E-state index in [1.807, 2.05) is 25.1 Å². The van der Waals surface area contributed by atoms with Crippen molar-refractivity contribution < 1.29 is 4.73 Å². The molecule has 1 aromatic heterocycles. The van der Waals surface area contributed by atoms with Crippen molar-refractivity contribution in [2.75, 3.05) is 0 Å². The first kappa shape index (κ1) is 9.50. The molecule has 0 bridgehead atoms. The van der Waals surface area contributed by atoms with E-state index in [1.165, 1.54) is 25.7 Å². The first-order valence-electron chi connectivity index (χ1n) is 5.45. The van der Waals surface area contributed by atoms with Gasteiger partial charge >= 0.3 is 0 Å². The predicted octanol–water partition coefficient (Wildman–Crippen LogP) is 2.36. The van der Waals surface area contributed by atoms with Crippen molar-refractivity contribution in [3.63, 3.8) is 0 Å². The van der Waals surface area contributed by atoms with Gasteiger partial charge in [-0.1, -0.05) is 12.8 Å². The highest BCUT2D eigenvalue weighted by molar-refractivity contribution is 5.04. The molecule has 14 heavy (non-hydrogen) atoms. The summed E-state index contributed by atoms with van der Waals surface area (Å²) >= 11 is 0. The van der Waals surface area contributed by atoms with Gasteiger partial charge in [0, 0.05) is 25.5 Å². The molecule has 0 atom stereocenters. The van der Waals surface area contributed by atoms with Crippen molar-refractivity contribution in [2.45, 2.75) is 39.0 Å². The minimum absolute atomic E-state index is 0.747. The quantitative estimate of drug-likeness (QED) is 0.520. The molecule has 2 rings (SSSR count). The minimum atomic E-state index is 0.747. The summed E-state index contributed by atoms with van der Waals surface area (Å²) in [6.07, 6.45) is 6.25. The lowest BCUT2D eigenvalue weighted by atomic mass is 10.0. The molecular formula is C12H17NO. The summed E-state index contributed by atoms with van der Waals surface area (Å²) < 4.78 is 1.08. The van der Waals surface area contributed by atoms with Gasteiger partial charge in [0.05, 0.1) is 0 Å². The van der Waals surface area contributed by atoms with Crippen LogP contribution in [-0.2, 0) is 6.42 Å². The van der Waals surface area contributed by atoms with Crippen LogP contribution in [0.1, 0.15) is 37.1 Å². The summed E-state index contributed by atoms with van der Waals surface area (Å²) in [5.74, 6) is 0.747. The first-order chi connectivity index (χ1) is 6.77. The maximum Gasteiger partial charge on any atom is 0.193 e. The van der Waals surface area contributed by atoms with Crippen LogP contribution < -0.4 is 4.73 Å². The maximum absolute atomic E-state index is 11.7. The molecule has 0 unspecified atom stereocenters. The van der Waals surface area contributed by atoms with E-state index in [-0.39, 0.29) is 0 Å². The summed E-state index contributed by atoms with van der Waals surface area (Å²) in [6.45, 7) is 1.87. The highest BCUT2D eigenvalue weighted by Gasteiger charge is 2.19. The van der Waals surface area contributed by atoms with Gasteiger partial charge in [0.1, 0.15) is 0 Å². The van der Waals surface area contributed by atoms with E-state index in [0.717, 1.165) is 28.5 Å². The lowest BCUT2D eigenvalue weighted by Gasteiger charge is -2.10. The Bertz CT molecular complexity index is 316. The van der Waals surface area contributed by atoms with Crippen molar-refractivity contribution in [1.29, 1.82) is 0 Å². The van der Waals surface area contributed by atoms with Crippen molar-refractivity contribution in [1.82, 2.24) is 0 Å². The van der Waals surface area contributed by atoms with Gasteiger partial charge in [-0.05, 0) is 24.8 Å². The number of hydrogen-bond donors (Lipinski definition) is 0. The Hall–Kier alpha value is -1.05. The molecule has 1 fully saturated rings. The zero-order chi connectivity index (χ0) is 9.97. The highest BCUT2D eigenvalue weighted by Crippen LogP contribution is 2.27. The topological polar surface area (TPSA) is 26.9 Å². The lowest BCUT2D eigenvalue weighted by Crippen LogP contribution is -2.35. The van der Waals surface area contributed by atoms with Gasteiger partial charge in [-0.15, -0.1) is 0 Å².